The third-order valence-electron chi connectivity index (χ3n) is 4.36. The van der Waals surface area contributed by atoms with Crippen LogP contribution < -0.4 is 5.32 Å². The number of fused-ring (bicyclic) bond motifs is 1. The average molecular weight is 311 g/mol. The summed E-state index contributed by atoms with van der Waals surface area (Å²) in [7, 11) is 0. The van der Waals surface area contributed by atoms with Gasteiger partial charge in [0.15, 0.2) is 0 Å². The van der Waals surface area contributed by atoms with Gasteiger partial charge in [0.1, 0.15) is 0 Å². The third kappa shape index (κ3) is 2.49. The molecule has 1 saturated carbocycles. The first-order chi connectivity index (χ1) is 11.2. The lowest BCUT2D eigenvalue weighted by Crippen LogP contribution is -2.56. The minimum atomic E-state index is -0.479. The number of nitrogens with zero attached hydrogens (tertiary/aromatic N) is 3. The lowest BCUT2D eigenvalue weighted by molar-refractivity contribution is -0.124. The van der Waals surface area contributed by atoms with Crippen molar-refractivity contribution in [3.63, 3.8) is 0 Å². The van der Waals surface area contributed by atoms with E-state index in [4.69, 9.17) is 0 Å². The molecule has 0 unspecified atom stereocenters. The van der Waals surface area contributed by atoms with Crippen molar-refractivity contribution in [1.82, 2.24) is 25.3 Å². The van der Waals surface area contributed by atoms with Crippen molar-refractivity contribution in [2.45, 2.75) is 31.0 Å². The molecule has 0 spiro atoms. The monoisotopic (exact) mass is 311 g/mol. The lowest BCUT2D eigenvalue weighted by atomic mass is 9.83. The van der Waals surface area contributed by atoms with Crippen molar-refractivity contribution < 1.29 is 9.90 Å². The molecule has 4 rings (SSSR count). The molecule has 3 atom stereocenters. The van der Waals surface area contributed by atoms with Crippen LogP contribution in [0.5, 0.6) is 0 Å². The molecule has 0 aliphatic heterocycles. The van der Waals surface area contributed by atoms with E-state index >= 15 is 0 Å². The summed E-state index contributed by atoms with van der Waals surface area (Å²) in [6, 6.07) is 9.19. The van der Waals surface area contributed by atoms with Crippen molar-refractivity contribution in [2.24, 2.45) is 0 Å². The molecule has 1 fully saturated rings. The molecule has 118 valence electrons. The number of nitrogens with one attached hydrogen (secondary N) is 2. The fourth-order valence-corrected chi connectivity index (χ4v) is 3.14. The van der Waals surface area contributed by atoms with Crippen LogP contribution in [0.25, 0.3) is 10.9 Å². The van der Waals surface area contributed by atoms with Gasteiger partial charge in [-0.25, -0.2) is 0 Å². The fraction of sp³-hybridized carbons (Fsp3) is 0.312. The number of aromatic nitrogens is 4. The van der Waals surface area contributed by atoms with Gasteiger partial charge in [-0.3, -0.25) is 14.6 Å². The largest absolute Gasteiger partial charge is 0.391 e. The number of amides is 1. The first kappa shape index (κ1) is 14.0. The van der Waals surface area contributed by atoms with Gasteiger partial charge in [-0.2, -0.15) is 10.2 Å². The first-order valence-corrected chi connectivity index (χ1v) is 7.61. The van der Waals surface area contributed by atoms with Gasteiger partial charge in [0, 0.05) is 17.8 Å². The number of benzene rings is 1. The van der Waals surface area contributed by atoms with Crippen LogP contribution in [0.4, 0.5) is 0 Å². The summed E-state index contributed by atoms with van der Waals surface area (Å²) in [5.74, 6) is -0.0894. The maximum absolute atomic E-state index is 12.3. The van der Waals surface area contributed by atoms with E-state index in [9.17, 15) is 9.90 Å². The predicted octanol–water partition coefficient (Wildman–Crippen LogP) is 0.793. The summed E-state index contributed by atoms with van der Waals surface area (Å²) in [5.41, 5.74) is 1.65. The van der Waals surface area contributed by atoms with E-state index < -0.39 is 6.10 Å². The van der Waals surface area contributed by atoms with Crippen LogP contribution in [-0.2, 0) is 11.2 Å². The average Bonchev–Trinajstić information content (AvgIpc) is 3.17. The zero-order valence-corrected chi connectivity index (χ0v) is 12.4. The van der Waals surface area contributed by atoms with Crippen LogP contribution in [0, 0.1) is 0 Å². The van der Waals surface area contributed by atoms with Crippen molar-refractivity contribution in [1.29, 1.82) is 0 Å². The Morgan fingerprint density at radius 2 is 2.26 bits per heavy atom. The van der Waals surface area contributed by atoms with Crippen LogP contribution in [0.15, 0.2) is 42.7 Å². The molecular weight excluding hydrogens is 294 g/mol. The Hall–Kier alpha value is -2.67. The van der Waals surface area contributed by atoms with Crippen LogP contribution in [0.1, 0.15) is 18.2 Å². The van der Waals surface area contributed by atoms with Crippen LogP contribution in [0.2, 0.25) is 0 Å². The van der Waals surface area contributed by atoms with E-state index in [1.807, 2.05) is 24.3 Å². The number of aromatic amines is 1. The van der Waals surface area contributed by atoms with E-state index in [-0.39, 0.29) is 24.4 Å². The van der Waals surface area contributed by atoms with Crippen molar-refractivity contribution >= 4 is 16.8 Å². The number of aliphatic hydroxyl groups is 1. The maximum Gasteiger partial charge on any atom is 0.226 e. The summed E-state index contributed by atoms with van der Waals surface area (Å²) in [6.45, 7) is 0. The van der Waals surface area contributed by atoms with Crippen LogP contribution in [-0.4, -0.2) is 43.1 Å². The molecule has 0 radical (unpaired) electrons. The Balaban J connectivity index is 1.44. The summed E-state index contributed by atoms with van der Waals surface area (Å²) < 4.78 is 1.70. The minimum absolute atomic E-state index is 0.0894. The van der Waals surface area contributed by atoms with Gasteiger partial charge in [-0.1, -0.05) is 18.2 Å². The van der Waals surface area contributed by atoms with Gasteiger partial charge in [-0.05, 0) is 18.6 Å². The molecule has 23 heavy (non-hydrogen) atoms. The highest BCUT2D eigenvalue weighted by Crippen LogP contribution is 2.32. The highest BCUT2D eigenvalue weighted by atomic mass is 16.3. The van der Waals surface area contributed by atoms with Crippen molar-refractivity contribution in [3.05, 3.63) is 48.4 Å². The van der Waals surface area contributed by atoms with Gasteiger partial charge in [0.05, 0.1) is 35.8 Å². The third-order valence-corrected chi connectivity index (χ3v) is 4.36. The Kier molecular flexibility index (Phi) is 3.34. The fourth-order valence-electron chi connectivity index (χ4n) is 3.14. The summed E-state index contributed by atoms with van der Waals surface area (Å²) in [4.78, 5) is 12.3. The summed E-state index contributed by atoms with van der Waals surface area (Å²) in [6.07, 6.45) is 3.77. The highest BCUT2D eigenvalue weighted by molar-refractivity contribution is 5.87. The SMILES string of the molecule is O=C(Cc1[nH]nc2ccccc12)N[C@H]1C[C@@H](O)[C@@H]1n1cccn1. The number of H-pyrrole nitrogens is 1. The Labute approximate surface area is 132 Å². The number of aliphatic hydroxyl groups excluding tert-OH is 1. The number of hydrogen-bond acceptors (Lipinski definition) is 4. The molecule has 7 nitrogen and oxygen atoms in total. The Bertz CT molecular complexity index is 826. The van der Waals surface area contributed by atoms with E-state index in [2.05, 4.69) is 20.6 Å². The molecule has 3 N–H and O–H groups in total. The predicted molar refractivity (Wildman–Crippen MR) is 83.6 cm³/mol. The molecular formula is C16H17N5O2. The molecule has 1 aliphatic carbocycles. The number of para-hydroxylation sites is 1. The van der Waals surface area contributed by atoms with Gasteiger partial charge >= 0.3 is 0 Å². The quantitative estimate of drug-likeness (QED) is 0.664. The number of hydrogen-bond donors (Lipinski definition) is 3. The van der Waals surface area contributed by atoms with Gasteiger partial charge in [0.25, 0.3) is 0 Å². The van der Waals surface area contributed by atoms with Crippen LogP contribution in [0.3, 0.4) is 0 Å². The standard InChI is InChI=1S/C16H17N5O2/c22-14-8-13(16(14)21-7-3-6-17-21)18-15(23)9-12-10-4-1-2-5-11(10)19-20-12/h1-7,13-14,16,22H,8-9H2,(H,18,23)(H,19,20)/t13-,14+,16+/m0/s1. The second-order valence-corrected chi connectivity index (χ2v) is 5.85. The molecule has 1 aromatic carbocycles. The normalized spacial score (nSPS) is 23.6. The topological polar surface area (TPSA) is 95.8 Å². The molecule has 7 heteroatoms. The van der Waals surface area contributed by atoms with E-state index in [1.165, 1.54) is 0 Å². The van der Waals surface area contributed by atoms with Gasteiger partial charge < -0.3 is 10.4 Å². The number of carbonyl (C=O) groups is 1. The Morgan fingerprint density at radius 3 is 3.04 bits per heavy atom. The zero-order valence-electron chi connectivity index (χ0n) is 12.4. The first-order valence-electron chi connectivity index (χ1n) is 7.61. The highest BCUT2D eigenvalue weighted by Gasteiger charge is 2.42. The number of carbonyl (C=O) groups excluding carboxylic acids is 1. The molecule has 0 bridgehead atoms. The summed E-state index contributed by atoms with van der Waals surface area (Å²) >= 11 is 0. The molecule has 2 heterocycles. The van der Waals surface area contributed by atoms with Gasteiger partial charge in [0.2, 0.25) is 5.91 Å². The molecule has 1 aliphatic rings. The summed E-state index contributed by atoms with van der Waals surface area (Å²) in [5, 5.41) is 25.1. The zero-order chi connectivity index (χ0) is 15.8. The Morgan fingerprint density at radius 1 is 1.39 bits per heavy atom. The van der Waals surface area contributed by atoms with E-state index in [1.54, 1.807) is 23.1 Å². The van der Waals surface area contributed by atoms with Crippen LogP contribution >= 0.6 is 0 Å². The second kappa shape index (κ2) is 5.51. The van der Waals surface area contributed by atoms with Crippen molar-refractivity contribution in [3.8, 4) is 0 Å². The van der Waals surface area contributed by atoms with E-state index in [0.717, 1.165) is 16.6 Å². The minimum Gasteiger partial charge on any atom is -0.391 e. The van der Waals surface area contributed by atoms with Crippen molar-refractivity contribution in [2.75, 3.05) is 0 Å². The molecule has 1 amide bonds. The maximum atomic E-state index is 12.3. The lowest BCUT2D eigenvalue weighted by Gasteiger charge is -2.41. The second-order valence-electron chi connectivity index (χ2n) is 5.85. The molecule has 3 aromatic rings. The van der Waals surface area contributed by atoms with E-state index in [0.29, 0.717) is 6.42 Å². The molecule has 0 saturated heterocycles. The smallest absolute Gasteiger partial charge is 0.226 e. The van der Waals surface area contributed by atoms with Gasteiger partial charge in [-0.15, -0.1) is 0 Å². The number of rotatable bonds is 4. The molecule has 2 aromatic heterocycles.